The summed E-state index contributed by atoms with van der Waals surface area (Å²) in [6.07, 6.45) is 2.47. The standard InChI is InChI=1S/C16H32N2O2/c1-12(2)18(6)11-14(19)17-10-13-8-7-9-20-15(13)16(3,4)5/h12-13,15H,7-11H2,1-6H3,(H,17,19)/t13-,15-/m0/s1. The van der Waals surface area contributed by atoms with Crippen molar-refractivity contribution in [3.63, 3.8) is 0 Å². The van der Waals surface area contributed by atoms with Crippen molar-refractivity contribution in [3.8, 4) is 0 Å². The van der Waals surface area contributed by atoms with Crippen LogP contribution in [0.3, 0.4) is 0 Å². The predicted molar refractivity (Wildman–Crippen MR) is 82.7 cm³/mol. The zero-order valence-corrected chi connectivity index (χ0v) is 14.0. The third-order valence-electron chi connectivity index (χ3n) is 4.13. The van der Waals surface area contributed by atoms with Gasteiger partial charge in [0, 0.05) is 25.1 Å². The zero-order valence-electron chi connectivity index (χ0n) is 14.0. The van der Waals surface area contributed by atoms with E-state index in [4.69, 9.17) is 4.74 Å². The van der Waals surface area contributed by atoms with Gasteiger partial charge in [0.1, 0.15) is 0 Å². The van der Waals surface area contributed by atoms with Crippen LogP contribution in [0.15, 0.2) is 0 Å². The minimum absolute atomic E-state index is 0.111. The SMILES string of the molecule is CC(C)N(C)CC(=O)NC[C@@H]1CCCO[C@@H]1C(C)(C)C. The van der Waals surface area contributed by atoms with Crippen molar-refractivity contribution in [2.75, 3.05) is 26.7 Å². The molecule has 0 bridgehead atoms. The van der Waals surface area contributed by atoms with Gasteiger partial charge in [-0.15, -0.1) is 0 Å². The Balaban J connectivity index is 2.44. The smallest absolute Gasteiger partial charge is 0.234 e. The molecule has 0 saturated carbocycles. The second kappa shape index (κ2) is 7.41. The average Bonchev–Trinajstić information content (AvgIpc) is 2.35. The number of hydrogen-bond donors (Lipinski definition) is 1. The number of carbonyl (C=O) groups excluding carboxylic acids is 1. The Morgan fingerprint density at radius 2 is 2.05 bits per heavy atom. The highest BCUT2D eigenvalue weighted by molar-refractivity contribution is 5.78. The van der Waals surface area contributed by atoms with Gasteiger partial charge in [-0.1, -0.05) is 20.8 Å². The van der Waals surface area contributed by atoms with Gasteiger partial charge in [0.05, 0.1) is 12.6 Å². The van der Waals surface area contributed by atoms with Crippen LogP contribution in [0, 0.1) is 11.3 Å². The van der Waals surface area contributed by atoms with Crippen LogP contribution in [-0.2, 0) is 9.53 Å². The Bertz CT molecular complexity index is 310. The van der Waals surface area contributed by atoms with Crippen LogP contribution >= 0.6 is 0 Å². The van der Waals surface area contributed by atoms with Crippen molar-refractivity contribution in [2.45, 2.75) is 59.6 Å². The Morgan fingerprint density at radius 3 is 2.60 bits per heavy atom. The lowest BCUT2D eigenvalue weighted by Gasteiger charge is -2.40. The number of likely N-dealkylation sites (N-methyl/N-ethyl adjacent to an activating group) is 1. The van der Waals surface area contributed by atoms with E-state index in [0.29, 0.717) is 18.5 Å². The van der Waals surface area contributed by atoms with Crippen LogP contribution in [0.1, 0.15) is 47.5 Å². The van der Waals surface area contributed by atoms with Gasteiger partial charge in [-0.25, -0.2) is 0 Å². The maximum absolute atomic E-state index is 12.0. The highest BCUT2D eigenvalue weighted by Crippen LogP contribution is 2.33. The molecule has 1 rings (SSSR count). The summed E-state index contributed by atoms with van der Waals surface area (Å²) in [5, 5.41) is 3.08. The van der Waals surface area contributed by atoms with Gasteiger partial charge in [0.2, 0.25) is 5.91 Å². The number of hydrogen-bond acceptors (Lipinski definition) is 3. The van der Waals surface area contributed by atoms with Gasteiger partial charge in [0.15, 0.2) is 0 Å². The Hall–Kier alpha value is -0.610. The van der Waals surface area contributed by atoms with Gasteiger partial charge < -0.3 is 10.1 Å². The third kappa shape index (κ3) is 5.41. The van der Waals surface area contributed by atoms with E-state index in [0.717, 1.165) is 26.0 Å². The molecule has 4 nitrogen and oxygen atoms in total. The first-order valence-corrected chi connectivity index (χ1v) is 7.80. The molecule has 4 heteroatoms. The third-order valence-corrected chi connectivity index (χ3v) is 4.13. The second-order valence-corrected chi connectivity index (χ2v) is 7.37. The van der Waals surface area contributed by atoms with Crippen molar-refractivity contribution in [2.24, 2.45) is 11.3 Å². The van der Waals surface area contributed by atoms with Crippen molar-refractivity contribution >= 4 is 5.91 Å². The van der Waals surface area contributed by atoms with Crippen LogP contribution in [-0.4, -0.2) is 49.7 Å². The molecule has 0 aliphatic carbocycles. The van der Waals surface area contributed by atoms with Crippen molar-refractivity contribution in [1.82, 2.24) is 10.2 Å². The van der Waals surface area contributed by atoms with Gasteiger partial charge in [-0.05, 0) is 39.2 Å². The fraction of sp³-hybridized carbons (Fsp3) is 0.938. The van der Waals surface area contributed by atoms with Crippen LogP contribution in [0.4, 0.5) is 0 Å². The molecule has 20 heavy (non-hydrogen) atoms. The molecule has 0 spiro atoms. The fourth-order valence-electron chi connectivity index (χ4n) is 2.72. The summed E-state index contributed by atoms with van der Waals surface area (Å²) in [5.74, 6) is 0.538. The maximum Gasteiger partial charge on any atom is 0.234 e. The Labute approximate surface area is 124 Å². The summed E-state index contributed by atoms with van der Waals surface area (Å²) >= 11 is 0. The molecule has 1 heterocycles. The van der Waals surface area contributed by atoms with Gasteiger partial charge in [0.25, 0.3) is 0 Å². The highest BCUT2D eigenvalue weighted by Gasteiger charge is 2.35. The summed E-state index contributed by atoms with van der Waals surface area (Å²) in [7, 11) is 1.98. The molecule has 1 saturated heterocycles. The molecule has 0 aromatic heterocycles. The number of rotatable bonds is 5. The molecule has 0 aromatic carbocycles. The molecule has 0 aromatic rings. The van der Waals surface area contributed by atoms with Crippen molar-refractivity contribution in [3.05, 3.63) is 0 Å². The molecular formula is C16H32N2O2. The summed E-state index contributed by atoms with van der Waals surface area (Å²) in [4.78, 5) is 14.0. The molecule has 1 fully saturated rings. The van der Waals surface area contributed by atoms with Crippen molar-refractivity contribution in [1.29, 1.82) is 0 Å². The van der Waals surface area contributed by atoms with E-state index < -0.39 is 0 Å². The predicted octanol–water partition coefficient (Wildman–Crippen LogP) is 2.28. The first-order valence-electron chi connectivity index (χ1n) is 7.80. The quantitative estimate of drug-likeness (QED) is 0.842. The minimum Gasteiger partial charge on any atom is -0.377 e. The molecule has 1 aliphatic heterocycles. The van der Waals surface area contributed by atoms with Gasteiger partial charge in [-0.3, -0.25) is 9.69 Å². The number of amides is 1. The average molecular weight is 284 g/mol. The van der Waals surface area contributed by atoms with E-state index >= 15 is 0 Å². The number of nitrogens with one attached hydrogen (secondary N) is 1. The Kier molecular flexibility index (Phi) is 6.46. The minimum atomic E-state index is 0.111. The first-order chi connectivity index (χ1) is 9.21. The van der Waals surface area contributed by atoms with Gasteiger partial charge >= 0.3 is 0 Å². The van der Waals surface area contributed by atoms with E-state index in [-0.39, 0.29) is 17.4 Å². The van der Waals surface area contributed by atoms with Gasteiger partial charge in [-0.2, -0.15) is 0 Å². The molecule has 0 radical (unpaired) electrons. The zero-order chi connectivity index (χ0) is 15.3. The molecule has 1 N–H and O–H groups in total. The van der Waals surface area contributed by atoms with Crippen LogP contribution in [0.25, 0.3) is 0 Å². The largest absolute Gasteiger partial charge is 0.377 e. The highest BCUT2D eigenvalue weighted by atomic mass is 16.5. The summed E-state index contributed by atoms with van der Waals surface area (Å²) in [5.41, 5.74) is 0.130. The molecule has 1 aliphatic rings. The van der Waals surface area contributed by atoms with Crippen LogP contribution in [0.2, 0.25) is 0 Å². The monoisotopic (exact) mass is 284 g/mol. The maximum atomic E-state index is 12.0. The summed E-state index contributed by atoms with van der Waals surface area (Å²) in [6, 6.07) is 0.390. The number of nitrogens with zero attached hydrogens (tertiary/aromatic N) is 1. The lowest BCUT2D eigenvalue weighted by atomic mass is 9.78. The molecular weight excluding hydrogens is 252 g/mol. The molecule has 118 valence electrons. The molecule has 0 unspecified atom stereocenters. The number of ether oxygens (including phenoxy) is 1. The molecule has 2 atom stereocenters. The van der Waals surface area contributed by atoms with E-state index in [2.05, 4.69) is 39.9 Å². The lowest BCUT2D eigenvalue weighted by molar-refractivity contribution is -0.124. The van der Waals surface area contributed by atoms with E-state index in [9.17, 15) is 4.79 Å². The second-order valence-electron chi connectivity index (χ2n) is 7.37. The summed E-state index contributed by atoms with van der Waals surface area (Å²) < 4.78 is 5.94. The molecule has 1 amide bonds. The van der Waals surface area contributed by atoms with Crippen LogP contribution < -0.4 is 5.32 Å². The van der Waals surface area contributed by atoms with Crippen LogP contribution in [0.5, 0.6) is 0 Å². The van der Waals surface area contributed by atoms with Crippen molar-refractivity contribution < 1.29 is 9.53 Å². The number of carbonyl (C=O) groups is 1. The summed E-state index contributed by atoms with van der Waals surface area (Å²) in [6.45, 7) is 12.9. The lowest BCUT2D eigenvalue weighted by Crippen LogP contribution is -2.47. The topological polar surface area (TPSA) is 41.6 Å². The Morgan fingerprint density at radius 1 is 1.40 bits per heavy atom. The fourth-order valence-corrected chi connectivity index (χ4v) is 2.72. The first kappa shape index (κ1) is 17.4. The normalized spacial score (nSPS) is 24.2. The van der Waals surface area contributed by atoms with E-state index in [1.165, 1.54) is 0 Å². The van der Waals surface area contributed by atoms with E-state index in [1.54, 1.807) is 0 Å². The van der Waals surface area contributed by atoms with E-state index in [1.807, 2.05) is 11.9 Å².